The molecule has 4 aliphatic rings. The van der Waals surface area contributed by atoms with Crippen molar-refractivity contribution in [1.82, 2.24) is 4.98 Å². The summed E-state index contributed by atoms with van der Waals surface area (Å²) in [6.45, 7) is 10.3. The minimum absolute atomic E-state index is 0.538. The standard InChI is InChI=1S/C19H25N3O/c1-18-8-19(2)11-21(9-18)17(22(10-18)12-19)15-7-20-16-5-4-13(23-3)6-14(15)16/h4-7,17,20H,8-12H2,1-3H3/p+2. The van der Waals surface area contributed by atoms with E-state index in [0.717, 1.165) is 5.75 Å². The SMILES string of the molecule is COc1ccc2[nH]cc(C3[NH+]4CC5(C)C[NH+]3CC(C)(C4)C5)c2c1. The molecule has 4 heteroatoms. The number of rotatable bonds is 2. The van der Waals surface area contributed by atoms with Gasteiger partial charge in [0.1, 0.15) is 5.75 Å². The van der Waals surface area contributed by atoms with Crippen molar-refractivity contribution in [2.24, 2.45) is 10.8 Å². The second-order valence-electron chi connectivity index (χ2n) is 8.91. The van der Waals surface area contributed by atoms with Crippen LogP contribution in [0, 0.1) is 10.8 Å². The lowest BCUT2D eigenvalue weighted by molar-refractivity contribution is -1.18. The molecule has 1 aromatic carbocycles. The zero-order valence-corrected chi connectivity index (χ0v) is 14.3. The van der Waals surface area contributed by atoms with E-state index < -0.39 is 0 Å². The van der Waals surface area contributed by atoms with Gasteiger partial charge in [-0.15, -0.1) is 0 Å². The Balaban J connectivity index is 1.61. The van der Waals surface area contributed by atoms with Crippen LogP contribution in [0.5, 0.6) is 5.75 Å². The van der Waals surface area contributed by atoms with Crippen LogP contribution in [0.3, 0.4) is 0 Å². The Morgan fingerprint density at radius 3 is 2.35 bits per heavy atom. The molecule has 6 rings (SSSR count). The van der Waals surface area contributed by atoms with Gasteiger partial charge in [-0.1, -0.05) is 0 Å². The summed E-state index contributed by atoms with van der Waals surface area (Å²) in [5.41, 5.74) is 3.79. The number of aromatic amines is 1. The molecule has 4 saturated heterocycles. The second-order valence-corrected chi connectivity index (χ2v) is 8.91. The number of hydrogen-bond donors (Lipinski definition) is 3. The number of methoxy groups -OCH3 is 1. The molecule has 0 unspecified atom stereocenters. The fourth-order valence-electron chi connectivity index (χ4n) is 6.35. The summed E-state index contributed by atoms with van der Waals surface area (Å²) < 4.78 is 5.46. The Hall–Kier alpha value is -1.52. The molecule has 0 aliphatic carbocycles. The van der Waals surface area contributed by atoms with E-state index >= 15 is 0 Å². The first-order valence-electron chi connectivity index (χ1n) is 8.83. The van der Waals surface area contributed by atoms with E-state index in [1.165, 1.54) is 49.1 Å². The Kier molecular flexibility index (Phi) is 2.60. The van der Waals surface area contributed by atoms with Crippen LogP contribution in [-0.2, 0) is 0 Å². The zero-order valence-electron chi connectivity index (χ0n) is 14.3. The summed E-state index contributed by atoms with van der Waals surface area (Å²) >= 11 is 0. The largest absolute Gasteiger partial charge is 0.497 e. The summed E-state index contributed by atoms with van der Waals surface area (Å²) in [5, 5.41) is 1.34. The molecule has 0 radical (unpaired) electrons. The first kappa shape index (κ1) is 13.9. The van der Waals surface area contributed by atoms with E-state index in [2.05, 4.69) is 37.2 Å². The minimum Gasteiger partial charge on any atom is -0.497 e. The maximum atomic E-state index is 5.46. The topological polar surface area (TPSA) is 33.9 Å². The van der Waals surface area contributed by atoms with Crippen LogP contribution in [0.2, 0.25) is 0 Å². The van der Waals surface area contributed by atoms with Crippen LogP contribution in [-0.4, -0.2) is 38.3 Å². The smallest absolute Gasteiger partial charge is 0.242 e. The van der Waals surface area contributed by atoms with Crippen LogP contribution in [0.15, 0.2) is 24.4 Å². The predicted octanol–water partition coefficient (Wildman–Crippen LogP) is 0.388. The lowest BCUT2D eigenvalue weighted by atomic mass is 9.63. The van der Waals surface area contributed by atoms with Crippen LogP contribution in [0.4, 0.5) is 0 Å². The molecular formula is C19H27N3O+2. The van der Waals surface area contributed by atoms with Crippen molar-refractivity contribution in [3.63, 3.8) is 0 Å². The highest BCUT2D eigenvalue weighted by Gasteiger charge is 2.63. The highest BCUT2D eigenvalue weighted by Crippen LogP contribution is 2.40. The van der Waals surface area contributed by atoms with Gasteiger partial charge >= 0.3 is 0 Å². The quantitative estimate of drug-likeness (QED) is 0.737. The molecule has 0 amide bonds. The fourth-order valence-corrected chi connectivity index (χ4v) is 6.35. The van der Waals surface area contributed by atoms with E-state index in [1.807, 2.05) is 6.07 Å². The van der Waals surface area contributed by atoms with Gasteiger partial charge in [0.05, 0.1) is 49.7 Å². The van der Waals surface area contributed by atoms with Gasteiger partial charge in [0.25, 0.3) is 0 Å². The van der Waals surface area contributed by atoms with Gasteiger partial charge in [-0.25, -0.2) is 0 Å². The van der Waals surface area contributed by atoms with Crippen molar-refractivity contribution >= 4 is 10.9 Å². The second kappa shape index (κ2) is 4.31. The van der Waals surface area contributed by atoms with Gasteiger partial charge < -0.3 is 9.72 Å². The van der Waals surface area contributed by atoms with Gasteiger partial charge in [0, 0.05) is 17.1 Å². The van der Waals surface area contributed by atoms with Crippen molar-refractivity contribution in [2.75, 3.05) is 33.3 Å². The number of quaternary nitrogens is 2. The molecule has 4 bridgehead atoms. The third-order valence-electron chi connectivity index (χ3n) is 6.52. The number of fused-ring (bicyclic) bond motifs is 1. The van der Waals surface area contributed by atoms with E-state index in [-0.39, 0.29) is 0 Å². The lowest BCUT2D eigenvalue weighted by Gasteiger charge is -2.60. The highest BCUT2D eigenvalue weighted by atomic mass is 16.5. The molecule has 0 saturated carbocycles. The number of hydrogen-bond acceptors (Lipinski definition) is 1. The van der Waals surface area contributed by atoms with E-state index in [1.54, 1.807) is 16.9 Å². The molecule has 1 aromatic heterocycles. The third kappa shape index (κ3) is 1.91. The van der Waals surface area contributed by atoms with Crippen molar-refractivity contribution in [2.45, 2.75) is 26.4 Å². The van der Waals surface area contributed by atoms with Gasteiger partial charge in [-0.05, 0) is 38.5 Å². The van der Waals surface area contributed by atoms with Crippen molar-refractivity contribution in [3.05, 3.63) is 30.0 Å². The Bertz CT molecular complexity index is 744. The Labute approximate surface area is 137 Å². The summed E-state index contributed by atoms with van der Waals surface area (Å²) in [4.78, 5) is 7.06. The van der Waals surface area contributed by atoms with Gasteiger partial charge in [0.2, 0.25) is 6.17 Å². The van der Waals surface area contributed by atoms with Crippen LogP contribution >= 0.6 is 0 Å². The summed E-state index contributed by atoms with van der Waals surface area (Å²) in [6.07, 6.45) is 4.25. The first-order chi connectivity index (χ1) is 11.0. The van der Waals surface area contributed by atoms with Crippen LogP contribution in [0.25, 0.3) is 10.9 Å². The van der Waals surface area contributed by atoms with E-state index in [4.69, 9.17) is 4.74 Å². The average Bonchev–Trinajstić information content (AvgIpc) is 2.87. The Morgan fingerprint density at radius 1 is 1.09 bits per heavy atom. The van der Waals surface area contributed by atoms with Gasteiger partial charge in [-0.3, -0.25) is 9.80 Å². The molecular weight excluding hydrogens is 286 g/mol. The summed E-state index contributed by atoms with van der Waals surface area (Å²) in [7, 11) is 1.75. The number of piperidine rings is 2. The molecule has 4 fully saturated rings. The number of ether oxygens (including phenoxy) is 1. The number of nitrogens with one attached hydrogen (secondary N) is 3. The van der Waals surface area contributed by atoms with Gasteiger partial charge in [-0.2, -0.15) is 0 Å². The van der Waals surface area contributed by atoms with Crippen molar-refractivity contribution in [3.8, 4) is 5.75 Å². The molecule has 122 valence electrons. The highest BCUT2D eigenvalue weighted by molar-refractivity contribution is 5.84. The molecule has 0 spiro atoms. The molecule has 0 atom stereocenters. The van der Waals surface area contributed by atoms with Crippen LogP contribution in [0.1, 0.15) is 32.0 Å². The first-order valence-corrected chi connectivity index (χ1v) is 8.83. The molecule has 5 heterocycles. The normalized spacial score (nSPS) is 41.6. The van der Waals surface area contributed by atoms with E-state index in [9.17, 15) is 0 Å². The number of benzene rings is 1. The zero-order chi connectivity index (χ0) is 15.8. The Morgan fingerprint density at radius 2 is 1.74 bits per heavy atom. The summed E-state index contributed by atoms with van der Waals surface area (Å²) in [5.74, 6) is 0.955. The molecule has 4 nitrogen and oxygen atoms in total. The van der Waals surface area contributed by atoms with E-state index in [0.29, 0.717) is 17.0 Å². The van der Waals surface area contributed by atoms with Crippen LogP contribution < -0.4 is 14.5 Å². The number of aromatic nitrogens is 1. The maximum absolute atomic E-state index is 5.46. The van der Waals surface area contributed by atoms with Gasteiger partial charge in [0.15, 0.2) is 0 Å². The molecule has 2 aromatic rings. The minimum atomic E-state index is 0.538. The maximum Gasteiger partial charge on any atom is 0.242 e. The monoisotopic (exact) mass is 313 g/mol. The summed E-state index contributed by atoms with van der Waals surface area (Å²) in [6, 6.07) is 6.39. The fraction of sp³-hybridized carbons (Fsp3) is 0.579. The third-order valence-corrected chi connectivity index (χ3v) is 6.52. The number of H-pyrrole nitrogens is 1. The van der Waals surface area contributed by atoms with Crippen molar-refractivity contribution < 1.29 is 14.5 Å². The predicted molar refractivity (Wildman–Crippen MR) is 89.8 cm³/mol. The average molecular weight is 313 g/mol. The van der Waals surface area contributed by atoms with Crippen molar-refractivity contribution in [1.29, 1.82) is 0 Å². The molecule has 4 aliphatic heterocycles. The molecule has 3 N–H and O–H groups in total. The lowest BCUT2D eigenvalue weighted by Crippen LogP contribution is -3.40. The molecule has 23 heavy (non-hydrogen) atoms.